The van der Waals surface area contributed by atoms with Crippen molar-refractivity contribution >= 4 is 25.0 Å². The zero-order valence-corrected chi connectivity index (χ0v) is 19.1. The highest BCUT2D eigenvalue weighted by atomic mass is 16.5. The lowest BCUT2D eigenvalue weighted by molar-refractivity contribution is -0.138. The molecule has 0 saturated carbocycles. The molecule has 2 fully saturated rings. The molecule has 0 unspecified atom stereocenters. The zero-order chi connectivity index (χ0) is 23.0. The fourth-order valence-electron chi connectivity index (χ4n) is 5.73. The minimum Gasteiger partial charge on any atom is -0.508 e. The fourth-order valence-corrected chi connectivity index (χ4v) is 5.73. The second kappa shape index (κ2) is 9.24. The summed E-state index contributed by atoms with van der Waals surface area (Å²) in [7, 11) is 0.647. The van der Waals surface area contributed by atoms with Crippen molar-refractivity contribution in [2.75, 3.05) is 7.05 Å². The maximum Gasteiger partial charge on any atom is 0.455 e. The minimum atomic E-state index is -0.925. The van der Waals surface area contributed by atoms with Crippen molar-refractivity contribution in [1.82, 2.24) is 4.90 Å². The number of allylic oxidation sites excluding steroid dienone is 2. The summed E-state index contributed by atoms with van der Waals surface area (Å²) in [5, 5.41) is 20.0. The van der Waals surface area contributed by atoms with E-state index in [-0.39, 0.29) is 41.4 Å². The Hall–Kier alpha value is -2.38. The molecule has 6 nitrogen and oxygen atoms in total. The summed E-state index contributed by atoms with van der Waals surface area (Å²) in [4.78, 5) is 26.8. The number of rotatable bonds is 6. The molecule has 0 bridgehead atoms. The van der Waals surface area contributed by atoms with Gasteiger partial charge in [-0.05, 0) is 67.6 Å². The molecule has 0 radical (unpaired) electrons. The summed E-state index contributed by atoms with van der Waals surface area (Å²) in [6.45, 7) is 4.21. The minimum absolute atomic E-state index is 0.0902. The van der Waals surface area contributed by atoms with Crippen molar-refractivity contribution in [3.05, 3.63) is 46.5 Å². The number of hydrogen-bond donors (Lipinski definition) is 2. The van der Waals surface area contributed by atoms with Gasteiger partial charge in [0, 0.05) is 7.05 Å². The van der Waals surface area contributed by atoms with Crippen LogP contribution in [0.3, 0.4) is 0 Å². The molecular formula is C25H32BNO5. The zero-order valence-electron chi connectivity index (χ0n) is 19.1. The van der Waals surface area contributed by atoms with Gasteiger partial charge in [0.15, 0.2) is 0 Å². The number of amides is 2. The first-order chi connectivity index (χ1) is 15.3. The van der Waals surface area contributed by atoms with Crippen LogP contribution < -0.4 is 0 Å². The predicted octanol–water partition coefficient (Wildman–Crippen LogP) is 3.80. The van der Waals surface area contributed by atoms with Crippen molar-refractivity contribution in [3.63, 3.8) is 0 Å². The average molecular weight is 437 g/mol. The van der Waals surface area contributed by atoms with Crippen molar-refractivity contribution in [2.45, 2.75) is 58.4 Å². The van der Waals surface area contributed by atoms with Crippen LogP contribution in [0, 0.1) is 17.8 Å². The van der Waals surface area contributed by atoms with Gasteiger partial charge < -0.3 is 14.8 Å². The molecule has 170 valence electrons. The Morgan fingerprint density at radius 3 is 2.56 bits per heavy atom. The topological polar surface area (TPSA) is 87.1 Å². The van der Waals surface area contributed by atoms with Gasteiger partial charge in [-0.15, -0.1) is 0 Å². The smallest absolute Gasteiger partial charge is 0.455 e. The van der Waals surface area contributed by atoms with Gasteiger partial charge in [0.25, 0.3) is 0 Å². The Bertz CT molecular complexity index is 954. The van der Waals surface area contributed by atoms with Gasteiger partial charge in [-0.25, -0.2) is 0 Å². The number of likely N-dealkylation sites (tertiary alicyclic amines) is 1. The van der Waals surface area contributed by atoms with Crippen molar-refractivity contribution in [1.29, 1.82) is 0 Å². The summed E-state index contributed by atoms with van der Waals surface area (Å²) < 4.78 is 6.01. The molecular weight excluding hydrogens is 405 g/mol. The number of fused-ring (bicyclic) bond motifs is 3. The lowest BCUT2D eigenvalue weighted by Gasteiger charge is -2.43. The lowest BCUT2D eigenvalue weighted by Crippen LogP contribution is -2.46. The van der Waals surface area contributed by atoms with Crippen LogP contribution in [-0.2, 0) is 14.2 Å². The number of carbonyl (C=O) groups excluding carboxylic acids is 2. The van der Waals surface area contributed by atoms with E-state index in [1.807, 2.05) is 12.1 Å². The molecule has 2 heterocycles. The van der Waals surface area contributed by atoms with Crippen LogP contribution >= 0.6 is 0 Å². The number of benzene rings is 1. The van der Waals surface area contributed by atoms with E-state index in [2.05, 4.69) is 19.9 Å². The molecule has 1 aliphatic carbocycles. The Morgan fingerprint density at radius 1 is 1.19 bits per heavy atom. The van der Waals surface area contributed by atoms with Gasteiger partial charge in [0.05, 0.1) is 17.9 Å². The van der Waals surface area contributed by atoms with E-state index in [1.54, 1.807) is 19.2 Å². The molecule has 2 saturated heterocycles. The summed E-state index contributed by atoms with van der Waals surface area (Å²) >= 11 is 0. The summed E-state index contributed by atoms with van der Waals surface area (Å²) in [6.07, 6.45) is 6.11. The van der Waals surface area contributed by atoms with Crippen LogP contribution in [0.15, 0.2) is 41.0 Å². The standard InChI is InChI=1S/C25H32BNO5/c1-4-15(12-16-6-9-18(28)10-7-16)8-11-21-22-17(5-2)13-19-23(20(22)14-26(31)32-21)25(30)27(3)24(19)29/h6-7,9-10,12,19-21,23,28,31H,4-5,8,11,13-14H2,1-3H3/b15-12+/t19-,20+,21-,23-/m1/s1. The second-order valence-corrected chi connectivity index (χ2v) is 9.19. The monoisotopic (exact) mass is 437 g/mol. The van der Waals surface area contributed by atoms with E-state index in [4.69, 9.17) is 4.65 Å². The number of aromatic hydroxyl groups is 1. The van der Waals surface area contributed by atoms with E-state index in [9.17, 15) is 19.7 Å². The van der Waals surface area contributed by atoms with E-state index >= 15 is 0 Å². The molecule has 1 aromatic carbocycles. The Labute approximate surface area is 190 Å². The number of carbonyl (C=O) groups is 2. The van der Waals surface area contributed by atoms with Gasteiger partial charge in [-0.3, -0.25) is 14.5 Å². The van der Waals surface area contributed by atoms with Crippen LogP contribution in [0.25, 0.3) is 6.08 Å². The molecule has 32 heavy (non-hydrogen) atoms. The van der Waals surface area contributed by atoms with Gasteiger partial charge in [-0.2, -0.15) is 0 Å². The highest BCUT2D eigenvalue weighted by molar-refractivity contribution is 6.43. The van der Waals surface area contributed by atoms with Gasteiger partial charge in [0.2, 0.25) is 11.8 Å². The third-order valence-corrected chi connectivity index (χ3v) is 7.40. The Morgan fingerprint density at radius 2 is 1.91 bits per heavy atom. The molecule has 3 aliphatic rings. The molecule has 7 heteroatoms. The van der Waals surface area contributed by atoms with Crippen molar-refractivity contribution in [3.8, 4) is 5.75 Å². The van der Waals surface area contributed by atoms with Crippen LogP contribution in [0.4, 0.5) is 0 Å². The van der Waals surface area contributed by atoms with Crippen LogP contribution in [-0.4, -0.2) is 47.1 Å². The molecule has 0 aromatic heterocycles. The molecule has 1 aromatic rings. The normalized spacial score (nSPS) is 28.3. The van der Waals surface area contributed by atoms with Crippen molar-refractivity contribution in [2.24, 2.45) is 17.8 Å². The van der Waals surface area contributed by atoms with Gasteiger partial charge >= 0.3 is 7.12 Å². The van der Waals surface area contributed by atoms with E-state index in [0.717, 1.165) is 36.8 Å². The Kier molecular flexibility index (Phi) is 6.58. The quantitative estimate of drug-likeness (QED) is 0.402. The molecule has 4 atom stereocenters. The first-order valence-corrected chi connectivity index (χ1v) is 11.7. The van der Waals surface area contributed by atoms with E-state index in [1.165, 1.54) is 16.0 Å². The first-order valence-electron chi connectivity index (χ1n) is 11.7. The summed E-state index contributed by atoms with van der Waals surface area (Å²) in [6, 6.07) is 7.14. The first kappa shape index (κ1) is 22.8. The fraction of sp³-hybridized carbons (Fsp3) is 0.520. The highest BCUT2D eigenvalue weighted by Crippen LogP contribution is 2.50. The molecule has 0 spiro atoms. The summed E-state index contributed by atoms with van der Waals surface area (Å²) in [5.41, 5.74) is 4.66. The maximum atomic E-state index is 12.9. The molecule has 2 amide bonds. The van der Waals surface area contributed by atoms with Gasteiger partial charge in [-0.1, -0.05) is 43.2 Å². The van der Waals surface area contributed by atoms with Gasteiger partial charge in [0.1, 0.15) is 5.75 Å². The third kappa shape index (κ3) is 4.16. The van der Waals surface area contributed by atoms with Crippen molar-refractivity contribution < 1.29 is 24.4 Å². The van der Waals surface area contributed by atoms with E-state index < -0.39 is 7.12 Å². The van der Waals surface area contributed by atoms with Crippen LogP contribution in [0.1, 0.15) is 51.5 Å². The highest BCUT2D eigenvalue weighted by Gasteiger charge is 2.56. The number of nitrogens with zero attached hydrogens (tertiary/aromatic N) is 1. The van der Waals surface area contributed by atoms with Crippen LogP contribution in [0.5, 0.6) is 5.75 Å². The number of imide groups is 1. The Balaban J connectivity index is 1.58. The maximum absolute atomic E-state index is 12.9. The second-order valence-electron chi connectivity index (χ2n) is 9.19. The molecule has 2 aliphatic heterocycles. The number of phenolic OH excluding ortho intramolecular Hbond substituents is 1. The molecule has 4 rings (SSSR count). The largest absolute Gasteiger partial charge is 0.508 e. The van der Waals surface area contributed by atoms with Crippen LogP contribution in [0.2, 0.25) is 6.32 Å². The number of hydrogen-bond acceptors (Lipinski definition) is 5. The van der Waals surface area contributed by atoms with E-state index in [0.29, 0.717) is 12.7 Å². The predicted molar refractivity (Wildman–Crippen MR) is 123 cm³/mol. The average Bonchev–Trinajstić information content (AvgIpc) is 3.00. The SMILES string of the molecule is CCC1=C2[C@@H](CC/C(=C/c3ccc(O)cc3)CC)OB(O)C[C@@H]2[C@@H]2C(=O)N(C)C(=O)[C@@H]2C1. The summed E-state index contributed by atoms with van der Waals surface area (Å²) in [5.74, 6) is -0.777. The molecule has 2 N–H and O–H groups in total. The number of phenols is 1. The lowest BCUT2D eigenvalue weighted by atomic mass is 9.58. The third-order valence-electron chi connectivity index (χ3n) is 7.40.